The minimum atomic E-state index is -0.948. The third-order valence-corrected chi connectivity index (χ3v) is 6.11. The summed E-state index contributed by atoms with van der Waals surface area (Å²) in [5.41, 5.74) is 5.48. The average Bonchev–Trinajstić information content (AvgIpc) is 2.60. The van der Waals surface area contributed by atoms with Gasteiger partial charge in [-0.1, -0.05) is 26.3 Å². The first-order chi connectivity index (χ1) is 13.3. The Bertz CT molecular complexity index is 712. The third-order valence-electron chi connectivity index (χ3n) is 6.11. The molecular formula is C21H30ClF2N3O2. The Labute approximate surface area is 176 Å². The monoisotopic (exact) mass is 429 g/mol. The molecule has 2 aliphatic carbocycles. The smallest absolute Gasteiger partial charge is 0.257 e. The van der Waals surface area contributed by atoms with Gasteiger partial charge in [-0.25, -0.2) is 8.78 Å². The first-order valence-corrected chi connectivity index (χ1v) is 10.1. The summed E-state index contributed by atoms with van der Waals surface area (Å²) < 4.78 is 27.8. The molecule has 3 rings (SSSR count). The van der Waals surface area contributed by atoms with E-state index in [-0.39, 0.29) is 36.3 Å². The summed E-state index contributed by atoms with van der Waals surface area (Å²) in [6, 6.07) is 2.59. The Balaban J connectivity index is 0.00000300. The van der Waals surface area contributed by atoms with E-state index >= 15 is 0 Å². The fourth-order valence-corrected chi connectivity index (χ4v) is 4.74. The van der Waals surface area contributed by atoms with Crippen molar-refractivity contribution in [3.05, 3.63) is 35.4 Å². The molecule has 0 aromatic heterocycles. The molecule has 0 aliphatic heterocycles. The standard InChI is InChI=1S/C21H29F2N3O2.ClH/c1-11(2)18(25-20(27)17-15(22)7-4-8-16(17)23)21(28)26-19-12-5-3-6-13(19)10-14(24)9-12;/h4,7-8,11-14,18-19H,3,5-6,9-10,24H2,1-2H3,(H,25,27)(H,26,28);1H/t12?,13?,14?,18-,19?;/m0./s1. The van der Waals surface area contributed by atoms with E-state index < -0.39 is 29.1 Å². The molecule has 1 aromatic carbocycles. The Morgan fingerprint density at radius 1 is 1.10 bits per heavy atom. The lowest BCUT2D eigenvalue weighted by Crippen LogP contribution is -2.58. The molecule has 162 valence electrons. The molecule has 2 saturated carbocycles. The molecule has 8 heteroatoms. The number of benzene rings is 1. The van der Waals surface area contributed by atoms with Gasteiger partial charge < -0.3 is 16.4 Å². The topological polar surface area (TPSA) is 84.2 Å². The van der Waals surface area contributed by atoms with Crippen LogP contribution in [0.25, 0.3) is 0 Å². The molecule has 4 N–H and O–H groups in total. The Morgan fingerprint density at radius 2 is 1.66 bits per heavy atom. The van der Waals surface area contributed by atoms with E-state index in [1.165, 1.54) is 6.07 Å². The predicted octanol–water partition coefficient (Wildman–Crippen LogP) is 3.16. The molecule has 0 spiro atoms. The average molecular weight is 430 g/mol. The summed E-state index contributed by atoms with van der Waals surface area (Å²) in [5.74, 6) is -2.66. The van der Waals surface area contributed by atoms with Crippen molar-refractivity contribution in [3.63, 3.8) is 0 Å². The summed E-state index contributed by atoms with van der Waals surface area (Å²) in [5, 5.41) is 5.63. The zero-order valence-electron chi connectivity index (χ0n) is 16.8. The van der Waals surface area contributed by atoms with Gasteiger partial charge in [-0.3, -0.25) is 9.59 Å². The highest BCUT2D eigenvalue weighted by atomic mass is 35.5. The number of fused-ring (bicyclic) bond motifs is 2. The van der Waals surface area contributed by atoms with Crippen LogP contribution in [0.4, 0.5) is 8.78 Å². The Morgan fingerprint density at radius 3 is 2.17 bits per heavy atom. The van der Waals surface area contributed by atoms with Gasteiger partial charge in [0.15, 0.2) is 0 Å². The molecule has 1 aromatic rings. The molecule has 29 heavy (non-hydrogen) atoms. The van der Waals surface area contributed by atoms with Crippen LogP contribution in [0.3, 0.4) is 0 Å². The SMILES string of the molecule is CC(C)[C@H](NC(=O)c1c(F)cccc1F)C(=O)NC1C2CCCC1CC(N)C2.Cl. The molecule has 2 unspecified atom stereocenters. The quantitative estimate of drug-likeness (QED) is 0.672. The fourth-order valence-electron chi connectivity index (χ4n) is 4.74. The van der Waals surface area contributed by atoms with Crippen LogP contribution >= 0.6 is 12.4 Å². The van der Waals surface area contributed by atoms with Gasteiger partial charge in [-0.2, -0.15) is 0 Å². The van der Waals surface area contributed by atoms with Gasteiger partial charge in [0, 0.05) is 12.1 Å². The van der Waals surface area contributed by atoms with Gasteiger partial charge in [0.25, 0.3) is 5.91 Å². The largest absolute Gasteiger partial charge is 0.351 e. The van der Waals surface area contributed by atoms with Crippen LogP contribution in [0.1, 0.15) is 56.3 Å². The van der Waals surface area contributed by atoms with E-state index in [9.17, 15) is 18.4 Å². The second-order valence-corrected chi connectivity index (χ2v) is 8.51. The summed E-state index contributed by atoms with van der Waals surface area (Å²) >= 11 is 0. The summed E-state index contributed by atoms with van der Waals surface area (Å²) in [6.07, 6.45) is 5.00. The number of hydrogen-bond donors (Lipinski definition) is 3. The van der Waals surface area contributed by atoms with Crippen molar-refractivity contribution < 1.29 is 18.4 Å². The first-order valence-electron chi connectivity index (χ1n) is 10.1. The van der Waals surface area contributed by atoms with Crippen molar-refractivity contribution in [2.24, 2.45) is 23.5 Å². The van der Waals surface area contributed by atoms with Crippen molar-refractivity contribution in [2.75, 3.05) is 0 Å². The fraction of sp³-hybridized carbons (Fsp3) is 0.619. The second kappa shape index (κ2) is 9.85. The van der Waals surface area contributed by atoms with Crippen molar-refractivity contribution in [2.45, 2.75) is 64.1 Å². The summed E-state index contributed by atoms with van der Waals surface area (Å²) in [4.78, 5) is 25.4. The highest BCUT2D eigenvalue weighted by Crippen LogP contribution is 2.39. The number of halogens is 3. The molecule has 3 atom stereocenters. The molecule has 0 radical (unpaired) electrons. The van der Waals surface area contributed by atoms with E-state index in [4.69, 9.17) is 5.73 Å². The minimum Gasteiger partial charge on any atom is -0.351 e. The zero-order chi connectivity index (χ0) is 20.4. The van der Waals surface area contributed by atoms with Crippen LogP contribution in [0, 0.1) is 29.4 Å². The first kappa shape index (κ1) is 23.5. The molecule has 2 amide bonds. The van der Waals surface area contributed by atoms with E-state index in [1.807, 2.05) is 0 Å². The van der Waals surface area contributed by atoms with Crippen molar-refractivity contribution in [1.82, 2.24) is 10.6 Å². The number of nitrogens with one attached hydrogen (secondary N) is 2. The zero-order valence-corrected chi connectivity index (χ0v) is 17.6. The number of hydrogen-bond acceptors (Lipinski definition) is 3. The van der Waals surface area contributed by atoms with Crippen LogP contribution in [-0.4, -0.2) is 29.9 Å². The molecular weight excluding hydrogens is 400 g/mol. The van der Waals surface area contributed by atoms with Crippen molar-refractivity contribution in [3.8, 4) is 0 Å². The van der Waals surface area contributed by atoms with Gasteiger partial charge in [-0.05, 0) is 55.6 Å². The molecule has 2 bridgehead atoms. The lowest BCUT2D eigenvalue weighted by molar-refractivity contribution is -0.126. The normalized spacial score (nSPS) is 27.0. The Kier molecular flexibility index (Phi) is 8.00. The van der Waals surface area contributed by atoms with Gasteiger partial charge in [0.2, 0.25) is 5.91 Å². The van der Waals surface area contributed by atoms with Crippen molar-refractivity contribution >= 4 is 24.2 Å². The molecule has 2 aliphatic rings. The van der Waals surface area contributed by atoms with Gasteiger partial charge in [0.05, 0.1) is 0 Å². The lowest BCUT2D eigenvalue weighted by atomic mass is 9.67. The van der Waals surface area contributed by atoms with Crippen LogP contribution in [0.5, 0.6) is 0 Å². The van der Waals surface area contributed by atoms with Gasteiger partial charge in [-0.15, -0.1) is 12.4 Å². The van der Waals surface area contributed by atoms with E-state index in [2.05, 4.69) is 10.6 Å². The Hall–Kier alpha value is -1.73. The highest BCUT2D eigenvalue weighted by Gasteiger charge is 2.41. The predicted molar refractivity (Wildman–Crippen MR) is 110 cm³/mol. The molecule has 5 nitrogen and oxygen atoms in total. The maximum atomic E-state index is 13.9. The van der Waals surface area contributed by atoms with Crippen molar-refractivity contribution in [1.29, 1.82) is 0 Å². The van der Waals surface area contributed by atoms with E-state index in [1.54, 1.807) is 13.8 Å². The maximum Gasteiger partial charge on any atom is 0.257 e. The number of carbonyl (C=O) groups is 2. The van der Waals surface area contributed by atoms with E-state index in [0.717, 1.165) is 44.2 Å². The van der Waals surface area contributed by atoms with Crippen LogP contribution in [-0.2, 0) is 4.79 Å². The van der Waals surface area contributed by atoms with Crippen LogP contribution in [0.2, 0.25) is 0 Å². The highest BCUT2D eigenvalue weighted by molar-refractivity contribution is 5.98. The summed E-state index contributed by atoms with van der Waals surface area (Å²) in [7, 11) is 0. The van der Waals surface area contributed by atoms with Crippen LogP contribution in [0.15, 0.2) is 18.2 Å². The second-order valence-electron chi connectivity index (χ2n) is 8.51. The molecule has 0 saturated heterocycles. The summed E-state index contributed by atoms with van der Waals surface area (Å²) in [6.45, 7) is 3.58. The van der Waals surface area contributed by atoms with E-state index in [0.29, 0.717) is 11.8 Å². The third kappa shape index (κ3) is 5.25. The van der Waals surface area contributed by atoms with Gasteiger partial charge >= 0.3 is 0 Å². The maximum absolute atomic E-state index is 13.9. The number of amides is 2. The van der Waals surface area contributed by atoms with Crippen LogP contribution < -0.4 is 16.4 Å². The number of nitrogens with two attached hydrogens (primary N) is 1. The van der Waals surface area contributed by atoms with Gasteiger partial charge in [0.1, 0.15) is 23.2 Å². The lowest BCUT2D eigenvalue weighted by Gasteiger charge is -2.45. The molecule has 0 heterocycles. The number of carbonyl (C=O) groups excluding carboxylic acids is 2. The number of rotatable bonds is 5. The minimum absolute atomic E-state index is 0. The molecule has 2 fully saturated rings.